The Kier molecular flexibility index (Phi) is 11.9. The van der Waals surface area contributed by atoms with E-state index in [1.54, 1.807) is 0 Å². The summed E-state index contributed by atoms with van der Waals surface area (Å²) < 4.78 is 4.03. The molecule has 0 aromatic heterocycles. The number of hydrogen-bond donors (Lipinski definition) is 6. The number of rotatable bonds is 7. The Balaban J connectivity index is -0.00000144. The zero-order valence-corrected chi connectivity index (χ0v) is 12.3. The van der Waals surface area contributed by atoms with Crippen molar-refractivity contribution in [3.05, 3.63) is 0 Å². The van der Waals surface area contributed by atoms with Gasteiger partial charge in [-0.2, -0.15) is 0 Å². The standard InChI is InChI=1S/C9H16O9.Na.H/c10-2-1-5(13)18-9(17)8(16)7(15)6(14)4(12)3-11;;/h4,6-8,10-12,14-16H,1-3H2;;/q;+1;-1/t4-,6-,7+,8-;;/m1../s1. The SMILES string of the molecule is O=C(CCO)OC(=O)[C@H](O)[C@@H](O)[C@H](O)[C@H](O)CO.[H-].[Na+]. The average molecular weight is 292 g/mol. The van der Waals surface area contributed by atoms with Crippen molar-refractivity contribution in [2.24, 2.45) is 0 Å². The number of carbonyl (C=O) groups is 2. The Labute approximate surface area is 132 Å². The van der Waals surface area contributed by atoms with Crippen LogP contribution >= 0.6 is 0 Å². The van der Waals surface area contributed by atoms with Crippen molar-refractivity contribution in [1.29, 1.82) is 0 Å². The van der Waals surface area contributed by atoms with E-state index in [2.05, 4.69) is 4.74 Å². The third-order valence-corrected chi connectivity index (χ3v) is 2.03. The number of aliphatic hydroxyl groups excluding tert-OH is 6. The summed E-state index contributed by atoms with van der Waals surface area (Å²) in [5.41, 5.74) is 0. The van der Waals surface area contributed by atoms with Gasteiger partial charge in [0.05, 0.1) is 19.6 Å². The molecule has 0 aliphatic heterocycles. The topological polar surface area (TPSA) is 165 Å². The largest absolute Gasteiger partial charge is 1.00 e. The van der Waals surface area contributed by atoms with Crippen molar-refractivity contribution in [2.75, 3.05) is 13.2 Å². The molecule has 0 amide bonds. The van der Waals surface area contributed by atoms with E-state index in [0.717, 1.165) is 0 Å². The molecule has 0 radical (unpaired) electrons. The minimum absolute atomic E-state index is 0. The summed E-state index contributed by atoms with van der Waals surface area (Å²) in [6.07, 6.45) is -8.65. The fraction of sp³-hybridized carbons (Fsp3) is 0.778. The van der Waals surface area contributed by atoms with Gasteiger partial charge in [0.2, 0.25) is 0 Å². The van der Waals surface area contributed by atoms with Gasteiger partial charge >= 0.3 is 41.5 Å². The summed E-state index contributed by atoms with van der Waals surface area (Å²) in [6.45, 7) is -1.46. The molecular weight excluding hydrogens is 275 g/mol. The summed E-state index contributed by atoms with van der Waals surface area (Å²) in [5.74, 6) is -2.66. The van der Waals surface area contributed by atoms with Crippen molar-refractivity contribution < 1.29 is 75.9 Å². The normalized spacial score (nSPS) is 16.7. The first kappa shape index (κ1) is 21.2. The van der Waals surface area contributed by atoms with Crippen LogP contribution in [0.1, 0.15) is 7.85 Å². The second-order valence-corrected chi connectivity index (χ2v) is 3.44. The number of ether oxygens (including phenoxy) is 1. The van der Waals surface area contributed by atoms with Crippen LogP contribution in [0.25, 0.3) is 0 Å². The van der Waals surface area contributed by atoms with Crippen LogP contribution < -0.4 is 29.6 Å². The van der Waals surface area contributed by atoms with E-state index in [9.17, 15) is 24.9 Å². The molecule has 0 bridgehead atoms. The van der Waals surface area contributed by atoms with Crippen molar-refractivity contribution in [3.8, 4) is 0 Å². The number of carbonyl (C=O) groups excluding carboxylic acids is 2. The molecule has 0 fully saturated rings. The summed E-state index contributed by atoms with van der Waals surface area (Å²) in [6, 6.07) is 0. The summed E-state index contributed by atoms with van der Waals surface area (Å²) in [5, 5.41) is 53.5. The minimum Gasteiger partial charge on any atom is -1.00 e. The van der Waals surface area contributed by atoms with Crippen LogP contribution in [-0.4, -0.2) is 80.2 Å². The Morgan fingerprint density at radius 3 is 2.00 bits per heavy atom. The Bertz CT molecular complexity index is 291. The number of hydrogen-bond acceptors (Lipinski definition) is 9. The van der Waals surface area contributed by atoms with Crippen LogP contribution in [0.15, 0.2) is 0 Å². The van der Waals surface area contributed by atoms with Crippen LogP contribution in [-0.2, 0) is 14.3 Å². The first-order chi connectivity index (χ1) is 8.34. The van der Waals surface area contributed by atoms with Gasteiger partial charge < -0.3 is 36.8 Å². The molecule has 0 spiro atoms. The van der Waals surface area contributed by atoms with E-state index in [-0.39, 0.29) is 31.0 Å². The van der Waals surface area contributed by atoms with Gasteiger partial charge in [-0.1, -0.05) is 0 Å². The maximum Gasteiger partial charge on any atom is 1.00 e. The molecule has 0 rings (SSSR count). The van der Waals surface area contributed by atoms with Gasteiger partial charge in [0.1, 0.15) is 18.3 Å². The molecule has 19 heavy (non-hydrogen) atoms. The van der Waals surface area contributed by atoms with E-state index < -0.39 is 56.0 Å². The second-order valence-electron chi connectivity index (χ2n) is 3.44. The van der Waals surface area contributed by atoms with Gasteiger partial charge in [-0.05, 0) is 0 Å². The van der Waals surface area contributed by atoms with E-state index in [4.69, 9.17) is 15.3 Å². The first-order valence-corrected chi connectivity index (χ1v) is 5.03. The molecule has 0 aliphatic rings. The van der Waals surface area contributed by atoms with Crippen LogP contribution in [0.3, 0.4) is 0 Å². The maximum atomic E-state index is 11.1. The third kappa shape index (κ3) is 7.30. The smallest absolute Gasteiger partial charge is 1.00 e. The zero-order valence-electron chi connectivity index (χ0n) is 11.3. The van der Waals surface area contributed by atoms with Gasteiger partial charge in [-0.3, -0.25) is 4.79 Å². The summed E-state index contributed by atoms with van der Waals surface area (Å²) in [4.78, 5) is 21.9. The molecule has 108 valence electrons. The fourth-order valence-corrected chi connectivity index (χ4v) is 0.977. The Hall–Kier alpha value is -0.100. The van der Waals surface area contributed by atoms with Crippen molar-refractivity contribution in [3.63, 3.8) is 0 Å². The molecule has 0 aromatic carbocycles. The Morgan fingerprint density at radius 1 is 1.05 bits per heavy atom. The molecule has 6 N–H and O–H groups in total. The molecule has 0 aliphatic carbocycles. The Morgan fingerprint density at radius 2 is 1.58 bits per heavy atom. The third-order valence-electron chi connectivity index (χ3n) is 2.03. The van der Waals surface area contributed by atoms with Gasteiger partial charge in [0, 0.05) is 0 Å². The fourth-order valence-electron chi connectivity index (χ4n) is 0.977. The van der Waals surface area contributed by atoms with Crippen LogP contribution in [0.4, 0.5) is 0 Å². The predicted octanol–water partition coefficient (Wildman–Crippen LogP) is -7.01. The van der Waals surface area contributed by atoms with E-state index in [1.165, 1.54) is 0 Å². The van der Waals surface area contributed by atoms with Gasteiger partial charge in [0.15, 0.2) is 6.10 Å². The van der Waals surface area contributed by atoms with E-state index >= 15 is 0 Å². The second kappa shape index (κ2) is 10.7. The van der Waals surface area contributed by atoms with Gasteiger partial charge in [0.25, 0.3) is 0 Å². The van der Waals surface area contributed by atoms with Crippen molar-refractivity contribution in [1.82, 2.24) is 0 Å². The summed E-state index contributed by atoms with van der Waals surface area (Å²) >= 11 is 0. The monoisotopic (exact) mass is 292 g/mol. The zero-order chi connectivity index (χ0) is 14.3. The van der Waals surface area contributed by atoms with Gasteiger partial charge in [-0.25, -0.2) is 4.79 Å². The molecule has 0 heterocycles. The molecule has 0 saturated carbocycles. The van der Waals surface area contributed by atoms with E-state index in [1.807, 2.05) is 0 Å². The quantitative estimate of drug-likeness (QED) is 0.152. The molecule has 0 unspecified atom stereocenters. The predicted molar refractivity (Wildman–Crippen MR) is 55.0 cm³/mol. The van der Waals surface area contributed by atoms with Crippen molar-refractivity contribution >= 4 is 11.9 Å². The van der Waals surface area contributed by atoms with Crippen LogP contribution in [0.5, 0.6) is 0 Å². The molecule has 9 nitrogen and oxygen atoms in total. The van der Waals surface area contributed by atoms with Crippen molar-refractivity contribution in [2.45, 2.75) is 30.8 Å². The van der Waals surface area contributed by atoms with Crippen LogP contribution in [0.2, 0.25) is 0 Å². The van der Waals surface area contributed by atoms with Crippen LogP contribution in [0, 0.1) is 0 Å². The molecule has 4 atom stereocenters. The van der Waals surface area contributed by atoms with Gasteiger partial charge in [-0.15, -0.1) is 0 Å². The maximum absolute atomic E-state index is 11.1. The molecular formula is C9H17NaO9. The summed E-state index contributed by atoms with van der Waals surface area (Å²) in [7, 11) is 0. The first-order valence-electron chi connectivity index (χ1n) is 5.03. The molecule has 0 aromatic rings. The average Bonchev–Trinajstić information content (AvgIpc) is 2.35. The number of esters is 2. The molecule has 0 saturated heterocycles. The number of aliphatic hydroxyl groups is 6. The molecule has 10 heteroatoms. The van der Waals surface area contributed by atoms with E-state index in [0.29, 0.717) is 0 Å². The minimum atomic E-state index is -2.27.